The molecule has 78 valence electrons. The lowest BCUT2D eigenvalue weighted by Crippen LogP contribution is -2.08. The first-order valence-electron chi connectivity index (χ1n) is 4.34. The Morgan fingerprint density at radius 1 is 1.46 bits per heavy atom. The number of thiocarbonyl (C=S) groups is 1. The third-order valence-corrected chi connectivity index (χ3v) is 1.97. The minimum Gasteiger partial charge on any atom is -0.487 e. The van der Waals surface area contributed by atoms with Crippen LogP contribution in [0.15, 0.2) is 0 Å². The second kappa shape index (κ2) is 9.99. The summed E-state index contributed by atoms with van der Waals surface area (Å²) in [7, 11) is 0. The number of hydrogen-bond acceptors (Lipinski definition) is 3. The Labute approximate surface area is 91.5 Å². The molecule has 0 rings (SSSR count). The van der Waals surface area contributed by atoms with Crippen LogP contribution in [0.3, 0.4) is 0 Å². The normalized spacial score (nSPS) is 8.77. The Morgan fingerprint density at radius 2 is 1.85 bits per heavy atom. The lowest BCUT2D eigenvalue weighted by atomic mass is 10.2. The number of carbonyl (C=O) groups excluding carboxylic acids is 1. The Bertz CT molecular complexity index is 156. The van der Waals surface area contributed by atoms with E-state index < -0.39 is 0 Å². The van der Waals surface area contributed by atoms with E-state index in [0.29, 0.717) is 24.0 Å². The van der Waals surface area contributed by atoms with Crippen molar-refractivity contribution in [2.75, 3.05) is 6.61 Å². The Hall–Kier alpha value is -0.0900. The molecule has 0 aliphatic heterocycles. The smallest absolute Gasteiger partial charge is 0.185 e. The molecule has 0 spiro atoms. The van der Waals surface area contributed by atoms with Crippen molar-refractivity contribution in [3.05, 3.63) is 0 Å². The number of carbonyl (C=O) groups is 1. The topological polar surface area (TPSA) is 26.3 Å². The van der Waals surface area contributed by atoms with Gasteiger partial charge < -0.3 is 4.74 Å². The SMILES string of the molecule is CCC(=O)S.CCOC(=S)C(C)C. The highest BCUT2D eigenvalue weighted by Crippen LogP contribution is 1.97. The third kappa shape index (κ3) is 14.7. The van der Waals surface area contributed by atoms with Gasteiger partial charge in [0.1, 0.15) is 0 Å². The summed E-state index contributed by atoms with van der Waals surface area (Å²) >= 11 is 8.31. The van der Waals surface area contributed by atoms with Crippen molar-refractivity contribution < 1.29 is 9.53 Å². The quantitative estimate of drug-likeness (QED) is 0.587. The molecule has 0 saturated heterocycles. The van der Waals surface area contributed by atoms with Crippen LogP contribution in [-0.4, -0.2) is 16.8 Å². The van der Waals surface area contributed by atoms with Gasteiger partial charge in [0.2, 0.25) is 0 Å². The second-order valence-electron chi connectivity index (χ2n) is 2.65. The van der Waals surface area contributed by atoms with Crippen LogP contribution in [0.5, 0.6) is 0 Å². The first-order valence-corrected chi connectivity index (χ1v) is 5.19. The maximum absolute atomic E-state index is 9.68. The van der Waals surface area contributed by atoms with E-state index in [9.17, 15) is 4.79 Å². The summed E-state index contributed by atoms with van der Waals surface area (Å²) in [6, 6.07) is 0. The fourth-order valence-electron chi connectivity index (χ4n) is 0.309. The average Bonchev–Trinajstić information content (AvgIpc) is 2.06. The summed E-state index contributed by atoms with van der Waals surface area (Å²) in [6.45, 7) is 8.46. The van der Waals surface area contributed by atoms with E-state index in [1.165, 1.54) is 0 Å². The Kier molecular flexibility index (Phi) is 11.8. The zero-order chi connectivity index (χ0) is 10.9. The van der Waals surface area contributed by atoms with E-state index in [1.807, 2.05) is 20.8 Å². The summed E-state index contributed by atoms with van der Waals surface area (Å²) in [4.78, 5) is 9.68. The fraction of sp³-hybridized carbons (Fsp3) is 0.778. The van der Waals surface area contributed by atoms with E-state index in [0.717, 1.165) is 0 Å². The second-order valence-corrected chi connectivity index (χ2v) is 3.56. The van der Waals surface area contributed by atoms with Gasteiger partial charge in [0.15, 0.2) is 10.2 Å². The highest BCUT2D eigenvalue weighted by Gasteiger charge is 1.99. The van der Waals surface area contributed by atoms with Gasteiger partial charge in [-0.3, -0.25) is 4.79 Å². The number of ether oxygens (including phenoxy) is 1. The van der Waals surface area contributed by atoms with E-state index in [4.69, 9.17) is 17.0 Å². The van der Waals surface area contributed by atoms with E-state index in [1.54, 1.807) is 6.92 Å². The van der Waals surface area contributed by atoms with Crippen molar-refractivity contribution in [2.24, 2.45) is 5.92 Å². The molecule has 0 N–H and O–H groups in total. The summed E-state index contributed by atoms with van der Waals surface area (Å²) < 4.78 is 5.03. The molecular formula is C9H18O2S2. The van der Waals surface area contributed by atoms with Crippen LogP contribution < -0.4 is 0 Å². The highest BCUT2D eigenvalue weighted by atomic mass is 32.1. The summed E-state index contributed by atoms with van der Waals surface area (Å²) in [6.07, 6.45) is 0.531. The van der Waals surface area contributed by atoms with Crippen molar-refractivity contribution in [1.82, 2.24) is 0 Å². The van der Waals surface area contributed by atoms with E-state index >= 15 is 0 Å². The molecule has 0 aromatic carbocycles. The summed E-state index contributed by atoms with van der Waals surface area (Å²) in [5, 5.41) is 0.664. The van der Waals surface area contributed by atoms with Crippen LogP contribution in [0.1, 0.15) is 34.1 Å². The van der Waals surface area contributed by atoms with Crippen LogP contribution >= 0.6 is 24.8 Å². The molecule has 0 fully saturated rings. The number of rotatable bonds is 3. The highest BCUT2D eigenvalue weighted by molar-refractivity contribution is 7.96. The molecular weight excluding hydrogens is 204 g/mol. The van der Waals surface area contributed by atoms with Crippen LogP contribution in [0.2, 0.25) is 0 Å². The molecule has 0 heterocycles. The van der Waals surface area contributed by atoms with Gasteiger partial charge in [-0.1, -0.05) is 20.8 Å². The molecule has 0 aliphatic carbocycles. The maximum atomic E-state index is 9.68. The van der Waals surface area contributed by atoms with Crippen LogP contribution in [0, 0.1) is 5.92 Å². The molecule has 2 nitrogen and oxygen atoms in total. The third-order valence-electron chi connectivity index (χ3n) is 1.06. The van der Waals surface area contributed by atoms with Crippen molar-refractivity contribution in [2.45, 2.75) is 34.1 Å². The van der Waals surface area contributed by atoms with Gasteiger partial charge in [-0.2, -0.15) is 0 Å². The molecule has 0 bridgehead atoms. The Balaban J connectivity index is 0. The molecule has 0 amide bonds. The first kappa shape index (κ1) is 15.4. The van der Waals surface area contributed by atoms with Gasteiger partial charge in [0.25, 0.3) is 0 Å². The molecule has 0 aromatic rings. The van der Waals surface area contributed by atoms with Gasteiger partial charge in [-0.05, 0) is 19.1 Å². The average molecular weight is 222 g/mol. The largest absolute Gasteiger partial charge is 0.487 e. The monoisotopic (exact) mass is 222 g/mol. The maximum Gasteiger partial charge on any atom is 0.185 e. The van der Waals surface area contributed by atoms with Crippen LogP contribution in [-0.2, 0) is 9.53 Å². The van der Waals surface area contributed by atoms with Gasteiger partial charge >= 0.3 is 0 Å². The van der Waals surface area contributed by atoms with Crippen molar-refractivity contribution in [3.8, 4) is 0 Å². The van der Waals surface area contributed by atoms with Gasteiger partial charge in [0, 0.05) is 12.3 Å². The molecule has 4 heteroatoms. The van der Waals surface area contributed by atoms with E-state index in [2.05, 4.69) is 12.6 Å². The van der Waals surface area contributed by atoms with E-state index in [-0.39, 0.29) is 5.12 Å². The number of thiol groups is 1. The zero-order valence-electron chi connectivity index (χ0n) is 8.66. The zero-order valence-corrected chi connectivity index (χ0v) is 10.4. The predicted octanol–water partition coefficient (Wildman–Crippen LogP) is 2.86. The molecule has 0 saturated carbocycles. The summed E-state index contributed by atoms with van der Waals surface area (Å²) in [5.41, 5.74) is 0. The lowest BCUT2D eigenvalue weighted by molar-refractivity contribution is -0.110. The van der Waals surface area contributed by atoms with Gasteiger partial charge in [-0.15, -0.1) is 12.6 Å². The lowest BCUT2D eigenvalue weighted by Gasteiger charge is -2.05. The first-order chi connectivity index (χ1) is 5.95. The van der Waals surface area contributed by atoms with Crippen molar-refractivity contribution >= 4 is 35.0 Å². The molecule has 13 heavy (non-hydrogen) atoms. The van der Waals surface area contributed by atoms with Crippen LogP contribution in [0.4, 0.5) is 0 Å². The standard InChI is InChI=1S/C6H12OS.C3H6OS/c1-4-7-6(8)5(2)3;1-2-3(4)5/h5H,4H2,1-3H3;2H2,1H3,(H,4,5). The number of hydrogen-bond donors (Lipinski definition) is 1. The van der Waals surface area contributed by atoms with Gasteiger partial charge in [0.05, 0.1) is 6.61 Å². The van der Waals surface area contributed by atoms with Crippen molar-refractivity contribution in [1.29, 1.82) is 0 Å². The predicted molar refractivity (Wildman–Crippen MR) is 63.3 cm³/mol. The minimum absolute atomic E-state index is 0.0509. The fourth-order valence-corrected chi connectivity index (χ4v) is 0.427. The van der Waals surface area contributed by atoms with Gasteiger partial charge in [-0.25, -0.2) is 0 Å². The molecule has 0 atom stereocenters. The molecule has 0 aromatic heterocycles. The minimum atomic E-state index is -0.0509. The van der Waals surface area contributed by atoms with Crippen molar-refractivity contribution in [3.63, 3.8) is 0 Å². The molecule has 0 aliphatic rings. The molecule has 0 radical (unpaired) electrons. The molecule has 0 unspecified atom stereocenters. The summed E-state index contributed by atoms with van der Waals surface area (Å²) in [5.74, 6) is 0.380. The Morgan fingerprint density at radius 3 is 1.92 bits per heavy atom. The van der Waals surface area contributed by atoms with Crippen LogP contribution in [0.25, 0.3) is 0 Å².